The molecule has 150 valence electrons. The number of nitrogens with zero attached hydrogens (tertiary/aromatic N) is 7. The molecule has 29 heavy (non-hydrogen) atoms. The van der Waals surface area contributed by atoms with Gasteiger partial charge in [0.1, 0.15) is 0 Å². The van der Waals surface area contributed by atoms with Crippen molar-refractivity contribution >= 4 is 11.7 Å². The van der Waals surface area contributed by atoms with Crippen molar-refractivity contribution in [1.29, 1.82) is 0 Å². The zero-order chi connectivity index (χ0) is 20.1. The van der Waals surface area contributed by atoms with Gasteiger partial charge in [-0.3, -0.25) is 9.59 Å². The van der Waals surface area contributed by atoms with Crippen molar-refractivity contribution in [2.45, 2.75) is 46.1 Å². The van der Waals surface area contributed by atoms with Gasteiger partial charge in [-0.2, -0.15) is 10.1 Å². The van der Waals surface area contributed by atoms with Gasteiger partial charge < -0.3 is 4.90 Å². The SMILES string of the molecule is Cc1cc(C)n2nc(C(=O)N3CC(Cn4nc5c(cc4=O)CCCC5)C3)nc2n1. The van der Waals surface area contributed by atoms with Crippen LogP contribution >= 0.6 is 0 Å². The fourth-order valence-electron chi connectivity index (χ4n) is 4.23. The Kier molecular flexibility index (Phi) is 4.18. The van der Waals surface area contributed by atoms with Gasteiger partial charge in [0.2, 0.25) is 5.82 Å². The molecule has 0 aromatic carbocycles. The number of hydrogen-bond acceptors (Lipinski definition) is 6. The number of rotatable bonds is 3. The Morgan fingerprint density at radius 3 is 2.72 bits per heavy atom. The summed E-state index contributed by atoms with van der Waals surface area (Å²) in [5, 5.41) is 8.89. The minimum Gasteiger partial charge on any atom is -0.335 e. The summed E-state index contributed by atoms with van der Waals surface area (Å²) in [5.41, 5.74) is 3.83. The monoisotopic (exact) mass is 393 g/mol. The predicted octanol–water partition coefficient (Wildman–Crippen LogP) is 0.949. The molecular weight excluding hydrogens is 370 g/mol. The molecular formula is C20H23N7O2. The summed E-state index contributed by atoms with van der Waals surface area (Å²) in [7, 11) is 0. The van der Waals surface area contributed by atoms with E-state index >= 15 is 0 Å². The maximum absolute atomic E-state index is 12.7. The highest BCUT2D eigenvalue weighted by Gasteiger charge is 2.34. The van der Waals surface area contributed by atoms with E-state index in [1.165, 1.54) is 0 Å². The third-order valence-corrected chi connectivity index (χ3v) is 5.76. The van der Waals surface area contributed by atoms with Gasteiger partial charge in [-0.05, 0) is 51.2 Å². The Labute approximate surface area is 167 Å². The second kappa shape index (κ2) is 6.75. The Balaban J connectivity index is 1.27. The Bertz CT molecular complexity index is 1170. The molecule has 0 N–H and O–H groups in total. The van der Waals surface area contributed by atoms with E-state index in [0.29, 0.717) is 25.4 Å². The molecule has 0 atom stereocenters. The summed E-state index contributed by atoms with van der Waals surface area (Å²) >= 11 is 0. The number of carbonyl (C=O) groups is 1. The van der Waals surface area contributed by atoms with Crippen LogP contribution < -0.4 is 5.56 Å². The van der Waals surface area contributed by atoms with E-state index in [2.05, 4.69) is 20.2 Å². The van der Waals surface area contributed by atoms with Crippen LogP contribution in [0.4, 0.5) is 0 Å². The van der Waals surface area contributed by atoms with Crippen LogP contribution in [0.3, 0.4) is 0 Å². The third-order valence-electron chi connectivity index (χ3n) is 5.76. The number of carbonyl (C=O) groups excluding carboxylic acids is 1. The highest BCUT2D eigenvalue weighted by atomic mass is 16.2. The zero-order valence-electron chi connectivity index (χ0n) is 16.6. The Hall–Kier alpha value is -3.10. The minimum absolute atomic E-state index is 0.0469. The van der Waals surface area contributed by atoms with E-state index in [9.17, 15) is 9.59 Å². The van der Waals surface area contributed by atoms with Gasteiger partial charge in [0, 0.05) is 36.5 Å². The first-order valence-corrected chi connectivity index (χ1v) is 10.1. The smallest absolute Gasteiger partial charge is 0.293 e. The van der Waals surface area contributed by atoms with Crippen LogP contribution in [0, 0.1) is 19.8 Å². The first kappa shape index (κ1) is 18.0. The molecule has 1 amide bonds. The van der Waals surface area contributed by atoms with Gasteiger partial charge in [0.15, 0.2) is 0 Å². The number of likely N-dealkylation sites (tertiary alicyclic amines) is 1. The largest absolute Gasteiger partial charge is 0.335 e. The maximum atomic E-state index is 12.7. The van der Waals surface area contributed by atoms with Gasteiger partial charge in [-0.15, -0.1) is 5.10 Å². The predicted molar refractivity (Wildman–Crippen MR) is 105 cm³/mol. The average molecular weight is 393 g/mol. The van der Waals surface area contributed by atoms with E-state index in [-0.39, 0.29) is 23.2 Å². The number of fused-ring (bicyclic) bond motifs is 2. The molecule has 1 aliphatic heterocycles. The molecule has 0 spiro atoms. The van der Waals surface area contributed by atoms with Gasteiger partial charge in [-0.1, -0.05) is 0 Å². The van der Waals surface area contributed by atoms with Crippen molar-refractivity contribution in [3.05, 3.63) is 51.0 Å². The van der Waals surface area contributed by atoms with Crippen molar-refractivity contribution in [1.82, 2.24) is 34.3 Å². The number of aryl methyl sites for hydroxylation is 4. The van der Waals surface area contributed by atoms with Crippen LogP contribution in [0.25, 0.3) is 5.78 Å². The summed E-state index contributed by atoms with van der Waals surface area (Å²) in [6.07, 6.45) is 4.15. The van der Waals surface area contributed by atoms with E-state index in [4.69, 9.17) is 0 Å². The topological polar surface area (TPSA) is 98.3 Å². The second-order valence-electron chi connectivity index (χ2n) is 8.11. The summed E-state index contributed by atoms with van der Waals surface area (Å²) < 4.78 is 3.16. The molecule has 9 nitrogen and oxygen atoms in total. The number of aromatic nitrogens is 6. The van der Waals surface area contributed by atoms with E-state index in [0.717, 1.165) is 48.3 Å². The van der Waals surface area contributed by atoms with Crippen LogP contribution in [0.5, 0.6) is 0 Å². The third kappa shape index (κ3) is 3.20. The lowest BCUT2D eigenvalue weighted by Gasteiger charge is -2.38. The molecule has 0 bridgehead atoms. The fraction of sp³-hybridized carbons (Fsp3) is 0.500. The van der Waals surface area contributed by atoms with Crippen molar-refractivity contribution in [3.63, 3.8) is 0 Å². The zero-order valence-corrected chi connectivity index (χ0v) is 16.6. The molecule has 0 radical (unpaired) electrons. The first-order valence-electron chi connectivity index (χ1n) is 10.1. The number of amides is 1. The molecule has 9 heteroatoms. The van der Waals surface area contributed by atoms with Gasteiger partial charge in [0.05, 0.1) is 12.2 Å². The fourth-order valence-corrected chi connectivity index (χ4v) is 4.23. The van der Waals surface area contributed by atoms with Gasteiger partial charge in [-0.25, -0.2) is 14.2 Å². The molecule has 1 fully saturated rings. The van der Waals surface area contributed by atoms with Gasteiger partial charge >= 0.3 is 0 Å². The summed E-state index contributed by atoms with van der Waals surface area (Å²) in [4.78, 5) is 35.4. The van der Waals surface area contributed by atoms with Crippen LogP contribution in [0.2, 0.25) is 0 Å². The molecule has 3 aromatic heterocycles. The summed E-state index contributed by atoms with van der Waals surface area (Å²) in [6, 6.07) is 3.64. The highest BCUT2D eigenvalue weighted by molar-refractivity contribution is 5.91. The van der Waals surface area contributed by atoms with Crippen LogP contribution in [-0.2, 0) is 19.4 Å². The highest BCUT2D eigenvalue weighted by Crippen LogP contribution is 2.21. The Morgan fingerprint density at radius 1 is 1.10 bits per heavy atom. The van der Waals surface area contributed by atoms with Crippen LogP contribution in [0.1, 0.15) is 46.1 Å². The van der Waals surface area contributed by atoms with E-state index in [1.807, 2.05) is 19.9 Å². The molecule has 0 saturated carbocycles. The normalized spacial score (nSPS) is 16.7. The van der Waals surface area contributed by atoms with Crippen molar-refractivity contribution in [2.24, 2.45) is 5.92 Å². The van der Waals surface area contributed by atoms with Crippen molar-refractivity contribution in [2.75, 3.05) is 13.1 Å². The van der Waals surface area contributed by atoms with Crippen LogP contribution in [0.15, 0.2) is 16.9 Å². The minimum atomic E-state index is -0.199. The molecule has 0 unspecified atom stereocenters. The quantitative estimate of drug-likeness (QED) is 0.657. The Morgan fingerprint density at radius 2 is 1.90 bits per heavy atom. The van der Waals surface area contributed by atoms with Crippen molar-refractivity contribution in [3.8, 4) is 0 Å². The maximum Gasteiger partial charge on any atom is 0.293 e. The summed E-state index contributed by atoms with van der Waals surface area (Å²) in [6.45, 7) is 5.48. The van der Waals surface area contributed by atoms with Gasteiger partial charge in [0.25, 0.3) is 17.2 Å². The average Bonchev–Trinajstić information content (AvgIpc) is 3.08. The molecule has 1 aliphatic carbocycles. The molecule has 3 aromatic rings. The molecule has 2 aliphatic rings. The number of hydrogen-bond donors (Lipinski definition) is 0. The second-order valence-corrected chi connectivity index (χ2v) is 8.11. The lowest BCUT2D eigenvalue weighted by Crippen LogP contribution is -2.52. The molecule has 1 saturated heterocycles. The van der Waals surface area contributed by atoms with Crippen LogP contribution in [-0.4, -0.2) is 53.3 Å². The standard InChI is InChI=1S/C20H23N7O2/c1-12-7-13(2)27-20(21-12)22-18(24-27)19(29)25-9-14(10-25)11-26-17(28)8-15-5-3-4-6-16(15)23-26/h7-8,14H,3-6,9-11H2,1-2H3. The van der Waals surface area contributed by atoms with Crippen molar-refractivity contribution < 1.29 is 4.79 Å². The molecule has 5 rings (SSSR count). The summed E-state index contributed by atoms with van der Waals surface area (Å²) in [5.74, 6) is 0.612. The molecule has 4 heterocycles. The lowest BCUT2D eigenvalue weighted by atomic mass is 9.96. The van der Waals surface area contributed by atoms with E-state index in [1.54, 1.807) is 20.2 Å². The lowest BCUT2D eigenvalue weighted by molar-refractivity contribution is 0.0445. The van der Waals surface area contributed by atoms with E-state index < -0.39 is 0 Å². The first-order chi connectivity index (χ1) is 14.0.